The highest BCUT2D eigenvalue weighted by Gasteiger charge is 2.56. The van der Waals surface area contributed by atoms with E-state index in [-0.39, 0.29) is 17.1 Å². The lowest BCUT2D eigenvalue weighted by Crippen LogP contribution is -2.57. The summed E-state index contributed by atoms with van der Waals surface area (Å²) >= 11 is 0. The Hall–Kier alpha value is -1.37. The predicted molar refractivity (Wildman–Crippen MR) is 127 cm³/mol. The highest BCUT2D eigenvalue weighted by molar-refractivity contribution is 6.62. The van der Waals surface area contributed by atoms with E-state index >= 15 is 0 Å². The monoisotopic (exact) mass is 436 g/mol. The Morgan fingerprint density at radius 2 is 1.62 bits per heavy atom. The molecule has 32 heavy (non-hydrogen) atoms. The fourth-order valence-electron chi connectivity index (χ4n) is 6.57. The van der Waals surface area contributed by atoms with E-state index < -0.39 is 12.5 Å². The van der Waals surface area contributed by atoms with Crippen LogP contribution in [0.1, 0.15) is 73.3 Å². The second-order valence-corrected chi connectivity index (χ2v) is 12.5. The van der Waals surface area contributed by atoms with E-state index in [9.17, 15) is 4.79 Å². The Kier molecular flexibility index (Phi) is 4.24. The van der Waals surface area contributed by atoms with E-state index in [2.05, 4.69) is 76.5 Å². The van der Waals surface area contributed by atoms with E-state index in [1.807, 2.05) is 0 Å². The number of carbonyl (C=O) groups is 1. The van der Waals surface area contributed by atoms with Crippen LogP contribution in [0.3, 0.4) is 0 Å². The molecule has 1 unspecified atom stereocenters. The molecule has 2 saturated carbocycles. The molecule has 1 aromatic rings. The Morgan fingerprint density at radius 3 is 2.22 bits per heavy atom. The minimum absolute atomic E-state index is 0.235. The summed E-state index contributed by atoms with van der Waals surface area (Å²) in [7, 11) is -0.405. The number of fused-ring (bicyclic) bond motifs is 2. The Labute approximate surface area is 193 Å². The molecule has 0 N–H and O–H groups in total. The summed E-state index contributed by atoms with van der Waals surface area (Å²) in [5.41, 5.74) is 1.95. The molecule has 0 aromatic heterocycles. The zero-order valence-corrected chi connectivity index (χ0v) is 20.6. The van der Waals surface area contributed by atoms with Crippen LogP contribution in [0.4, 0.5) is 5.69 Å². The molecule has 5 aliphatic rings. The van der Waals surface area contributed by atoms with Gasteiger partial charge in [0.1, 0.15) is 0 Å². The maximum atomic E-state index is 13.6. The normalized spacial score (nSPS) is 38.6. The number of anilines is 1. The van der Waals surface area contributed by atoms with Crippen molar-refractivity contribution in [1.82, 2.24) is 4.90 Å². The van der Waals surface area contributed by atoms with Gasteiger partial charge in [0.2, 0.25) is 5.91 Å². The molecule has 0 radical (unpaired) electrons. The molecule has 0 bridgehead atoms. The Bertz CT molecular complexity index is 967. The summed E-state index contributed by atoms with van der Waals surface area (Å²) in [6.07, 6.45) is 3.61. The minimum Gasteiger partial charge on any atom is -0.399 e. The molecule has 4 fully saturated rings. The summed E-state index contributed by atoms with van der Waals surface area (Å²) in [4.78, 5) is 18.4. The highest BCUT2D eigenvalue weighted by Crippen LogP contribution is 2.53. The molecular weight excluding hydrogens is 399 g/mol. The summed E-state index contributed by atoms with van der Waals surface area (Å²) < 4.78 is 12.6. The van der Waals surface area contributed by atoms with Crippen LogP contribution in [-0.4, -0.2) is 53.8 Å². The molecule has 2 saturated heterocycles. The number of rotatable bonds is 3. The van der Waals surface area contributed by atoms with Gasteiger partial charge in [0.15, 0.2) is 0 Å². The van der Waals surface area contributed by atoms with Crippen LogP contribution >= 0.6 is 0 Å². The third kappa shape index (κ3) is 2.78. The number of amides is 1. The maximum Gasteiger partial charge on any atom is 0.494 e. The molecule has 172 valence electrons. The first-order valence-corrected chi connectivity index (χ1v) is 12.5. The van der Waals surface area contributed by atoms with Crippen molar-refractivity contribution in [2.45, 2.75) is 102 Å². The first kappa shape index (κ1) is 21.2. The van der Waals surface area contributed by atoms with Gasteiger partial charge in [-0.2, -0.15) is 0 Å². The molecule has 1 amide bonds. The quantitative estimate of drug-likeness (QED) is 0.681. The van der Waals surface area contributed by atoms with Crippen LogP contribution in [0.2, 0.25) is 0 Å². The van der Waals surface area contributed by atoms with Crippen LogP contribution < -0.4 is 10.4 Å². The number of benzene rings is 1. The molecule has 1 aromatic carbocycles. The van der Waals surface area contributed by atoms with Crippen molar-refractivity contribution < 1.29 is 14.1 Å². The van der Waals surface area contributed by atoms with Crippen molar-refractivity contribution in [1.29, 1.82) is 0 Å². The van der Waals surface area contributed by atoms with Crippen LogP contribution in [0, 0.1) is 11.8 Å². The molecular formula is C26H37BN2O3. The minimum atomic E-state index is -0.489. The smallest absolute Gasteiger partial charge is 0.399 e. The summed E-state index contributed by atoms with van der Waals surface area (Å²) in [5.74, 6) is 2.11. The average Bonchev–Trinajstić information content (AvgIpc) is 3.27. The lowest BCUT2D eigenvalue weighted by atomic mass is 9.76. The SMILES string of the molecule is C[C@H]1C2C[C@@H]2CN1[C@H]1C[C@@H](N2C(=O)C(C)(C)c3ccc(B4OC(C)(C)C(C)(C)O4)cc32)C1. The lowest BCUT2D eigenvalue weighted by Gasteiger charge is -2.47. The van der Waals surface area contributed by atoms with Gasteiger partial charge < -0.3 is 14.2 Å². The largest absolute Gasteiger partial charge is 0.494 e. The number of nitrogens with zero attached hydrogens (tertiary/aromatic N) is 2. The van der Waals surface area contributed by atoms with Gasteiger partial charge >= 0.3 is 7.12 Å². The van der Waals surface area contributed by atoms with Gasteiger partial charge in [0, 0.05) is 30.4 Å². The molecule has 5 nitrogen and oxygen atoms in total. The fraction of sp³-hybridized carbons (Fsp3) is 0.731. The maximum absolute atomic E-state index is 13.6. The van der Waals surface area contributed by atoms with Gasteiger partial charge in [-0.25, -0.2) is 0 Å². The molecule has 6 rings (SSSR count). The van der Waals surface area contributed by atoms with Gasteiger partial charge in [-0.3, -0.25) is 9.69 Å². The molecule has 3 heterocycles. The Balaban J connectivity index is 1.26. The zero-order chi connectivity index (χ0) is 22.8. The van der Waals surface area contributed by atoms with Gasteiger partial charge in [-0.15, -0.1) is 0 Å². The molecule has 2 aliphatic carbocycles. The van der Waals surface area contributed by atoms with Crippen molar-refractivity contribution in [3.8, 4) is 0 Å². The van der Waals surface area contributed by atoms with Crippen molar-refractivity contribution in [2.24, 2.45) is 11.8 Å². The van der Waals surface area contributed by atoms with E-state index in [4.69, 9.17) is 9.31 Å². The fourth-order valence-corrected chi connectivity index (χ4v) is 6.57. The first-order chi connectivity index (χ1) is 14.9. The predicted octanol–water partition coefficient (Wildman–Crippen LogP) is 3.48. The third-order valence-electron chi connectivity index (χ3n) is 9.72. The number of carbonyl (C=O) groups excluding carboxylic acids is 1. The standard InChI is InChI=1S/C26H37BN2O3/c1-15-20-10-16(20)14-28(15)18-12-19(13-18)29-22-11-17(8-9-21(22)24(2,3)23(29)30)27-31-25(4,5)26(6,7)32-27/h8-9,11,15-16,18-20H,10,12-14H2,1-7H3/t15-,16+,18-,19+,20?/m0/s1. The third-order valence-corrected chi connectivity index (χ3v) is 9.72. The molecule has 0 spiro atoms. The summed E-state index contributed by atoms with van der Waals surface area (Å²) in [5, 5.41) is 0. The second kappa shape index (κ2) is 6.40. The van der Waals surface area contributed by atoms with E-state index in [1.54, 1.807) is 0 Å². The number of hydrogen-bond donors (Lipinski definition) is 0. The summed E-state index contributed by atoms with van der Waals surface area (Å²) in [6.45, 7) is 16.1. The zero-order valence-electron chi connectivity index (χ0n) is 20.6. The average molecular weight is 436 g/mol. The molecule has 6 heteroatoms. The van der Waals surface area contributed by atoms with E-state index in [0.29, 0.717) is 12.1 Å². The topological polar surface area (TPSA) is 42.0 Å². The van der Waals surface area contributed by atoms with Gasteiger partial charge in [-0.1, -0.05) is 12.1 Å². The van der Waals surface area contributed by atoms with Gasteiger partial charge in [-0.05, 0) is 96.7 Å². The van der Waals surface area contributed by atoms with Crippen LogP contribution in [0.5, 0.6) is 0 Å². The van der Waals surface area contributed by atoms with Crippen LogP contribution in [-0.2, 0) is 19.5 Å². The van der Waals surface area contributed by atoms with Crippen molar-refractivity contribution in [3.05, 3.63) is 23.8 Å². The number of hydrogen-bond acceptors (Lipinski definition) is 4. The summed E-state index contributed by atoms with van der Waals surface area (Å²) in [6, 6.07) is 8.02. The molecule has 3 aliphatic heterocycles. The highest BCUT2D eigenvalue weighted by atomic mass is 16.7. The number of piperidine rings is 1. The van der Waals surface area contributed by atoms with E-state index in [1.165, 1.54) is 13.0 Å². The van der Waals surface area contributed by atoms with Gasteiger partial charge in [0.05, 0.1) is 16.6 Å². The molecule has 3 atom stereocenters. The van der Waals surface area contributed by atoms with E-state index in [0.717, 1.165) is 47.4 Å². The van der Waals surface area contributed by atoms with Crippen LogP contribution in [0.25, 0.3) is 0 Å². The van der Waals surface area contributed by atoms with Crippen molar-refractivity contribution in [2.75, 3.05) is 11.4 Å². The Morgan fingerprint density at radius 1 is 0.969 bits per heavy atom. The lowest BCUT2D eigenvalue weighted by molar-refractivity contribution is -0.123. The number of likely N-dealkylation sites (tertiary alicyclic amines) is 1. The van der Waals surface area contributed by atoms with Crippen LogP contribution in [0.15, 0.2) is 18.2 Å². The second-order valence-electron chi connectivity index (χ2n) is 12.5. The van der Waals surface area contributed by atoms with Gasteiger partial charge in [0.25, 0.3) is 0 Å². The van der Waals surface area contributed by atoms with Crippen molar-refractivity contribution in [3.63, 3.8) is 0 Å². The first-order valence-electron chi connectivity index (χ1n) is 12.5. The van der Waals surface area contributed by atoms with Crippen molar-refractivity contribution >= 4 is 24.2 Å².